The molecule has 162 valence electrons. The van der Waals surface area contributed by atoms with E-state index in [4.69, 9.17) is 5.11 Å². The molecule has 12 nitrogen and oxygen atoms in total. The van der Waals surface area contributed by atoms with Gasteiger partial charge in [-0.05, 0) is 25.7 Å². The number of benzene rings is 1. The molecule has 0 spiro atoms. The summed E-state index contributed by atoms with van der Waals surface area (Å²) in [6.07, 6.45) is 10.2. The lowest BCUT2D eigenvalue weighted by atomic mass is 10.0. The number of hydrogen-bond acceptors (Lipinski definition) is 8. The second-order valence-corrected chi connectivity index (χ2v) is 7.39. The fourth-order valence-electron chi connectivity index (χ4n) is 3.21. The van der Waals surface area contributed by atoms with E-state index < -0.39 is 37.6 Å². The van der Waals surface area contributed by atoms with Crippen LogP contribution < -0.4 is 0 Å². The van der Waals surface area contributed by atoms with Gasteiger partial charge in [0.2, 0.25) is 0 Å². The molecule has 12 heteroatoms. The second-order valence-electron chi connectivity index (χ2n) is 7.39. The lowest BCUT2D eigenvalue weighted by Crippen LogP contribution is -2.43. The van der Waals surface area contributed by atoms with Crippen molar-refractivity contribution in [2.24, 2.45) is 0 Å². The highest BCUT2D eigenvalue weighted by atomic mass is 16.6. The molecule has 1 aromatic rings. The molecule has 0 atom stereocenters. The quantitative estimate of drug-likeness (QED) is 0.434. The molecule has 1 fully saturated rings. The van der Waals surface area contributed by atoms with Crippen LogP contribution in [-0.4, -0.2) is 44.7 Å². The highest BCUT2D eigenvalue weighted by Crippen LogP contribution is 2.38. The molecule has 0 aliphatic heterocycles. The average Bonchev–Trinajstić information content (AvgIpc) is 2.75. The summed E-state index contributed by atoms with van der Waals surface area (Å²) >= 11 is 0. The number of hydroxylamine groups is 3. The van der Waals surface area contributed by atoms with E-state index in [1.807, 2.05) is 0 Å². The molecule has 29 heavy (non-hydrogen) atoms. The minimum Gasteiger partial charge on any atom is -0.633 e. The Hall–Kier alpha value is -2.86. The predicted octanol–water partition coefficient (Wildman–Crippen LogP) is 4.18. The number of non-ortho nitro benzene ring substituents is 1. The normalized spacial score (nSPS) is 15.8. The number of hydrogen-bond donors (Lipinski definition) is 1. The van der Waals surface area contributed by atoms with Crippen LogP contribution in [0.5, 0.6) is 5.75 Å². The molecule has 0 saturated heterocycles. The van der Waals surface area contributed by atoms with Gasteiger partial charge in [0.15, 0.2) is 0 Å². The molecule has 1 aliphatic carbocycles. The Morgan fingerprint density at radius 2 is 1.21 bits per heavy atom. The molecule has 1 N–H and O–H groups in total. The Morgan fingerprint density at radius 3 is 1.52 bits per heavy atom. The molecule has 0 bridgehead atoms. The Labute approximate surface area is 167 Å². The number of nitro benzene ring substituents is 3. The summed E-state index contributed by atoms with van der Waals surface area (Å²) in [7, 11) is 3.59. The lowest BCUT2D eigenvalue weighted by molar-refractivity contribution is -0.867. The number of phenols is 1. The fraction of sp³-hybridized carbons (Fsp3) is 0.647. The SMILES string of the molecule is C[N+](C)([O-])C1CCCCCCCC1.O=[N+]([O-])c1cc([N+](=O)[O-])c(O)c([N+](=O)[O-])c1. The van der Waals surface area contributed by atoms with E-state index in [1.54, 1.807) is 14.1 Å². The van der Waals surface area contributed by atoms with Gasteiger partial charge in [-0.3, -0.25) is 30.3 Å². The third-order valence-electron chi connectivity index (χ3n) is 4.86. The van der Waals surface area contributed by atoms with Crippen molar-refractivity contribution in [1.29, 1.82) is 0 Å². The van der Waals surface area contributed by atoms with Crippen LogP contribution in [0.1, 0.15) is 51.4 Å². The maximum Gasteiger partial charge on any atom is 0.324 e. The minimum atomic E-state index is -1.21. The van der Waals surface area contributed by atoms with Gasteiger partial charge in [0.25, 0.3) is 11.4 Å². The van der Waals surface area contributed by atoms with Gasteiger partial charge in [-0.15, -0.1) is 0 Å². The molecule has 0 unspecified atom stereocenters. The van der Waals surface area contributed by atoms with Crippen LogP contribution in [-0.2, 0) is 0 Å². The Bertz CT molecular complexity index is 702. The van der Waals surface area contributed by atoms with E-state index in [0.717, 1.165) is 12.8 Å². The summed E-state index contributed by atoms with van der Waals surface area (Å²) in [5.41, 5.74) is -3.00. The molecular formula is C17H26N4O8. The number of quaternary nitrogens is 1. The maximum atomic E-state index is 11.8. The van der Waals surface area contributed by atoms with Gasteiger partial charge in [0, 0.05) is 0 Å². The van der Waals surface area contributed by atoms with E-state index in [1.165, 1.54) is 38.5 Å². The number of rotatable bonds is 4. The average molecular weight is 414 g/mol. The van der Waals surface area contributed by atoms with Gasteiger partial charge < -0.3 is 15.0 Å². The zero-order valence-corrected chi connectivity index (χ0v) is 16.5. The summed E-state index contributed by atoms with van der Waals surface area (Å²) in [6, 6.07) is 1.25. The fourth-order valence-corrected chi connectivity index (χ4v) is 3.21. The molecule has 1 aromatic carbocycles. The van der Waals surface area contributed by atoms with Crippen molar-refractivity contribution in [3.63, 3.8) is 0 Å². The Morgan fingerprint density at radius 1 is 0.828 bits per heavy atom. The number of phenolic OH excluding ortho intramolecular Hbond substituents is 1. The molecule has 0 aromatic heterocycles. The monoisotopic (exact) mass is 414 g/mol. The molecule has 2 rings (SSSR count). The van der Waals surface area contributed by atoms with Crippen LogP contribution in [0, 0.1) is 35.6 Å². The van der Waals surface area contributed by atoms with Gasteiger partial charge in [0.05, 0.1) is 47.0 Å². The summed E-state index contributed by atoms with van der Waals surface area (Å²) in [6.45, 7) is 0. The van der Waals surface area contributed by atoms with Gasteiger partial charge in [0.1, 0.15) is 0 Å². The van der Waals surface area contributed by atoms with Crippen molar-refractivity contribution in [2.75, 3.05) is 14.1 Å². The molecule has 1 aliphatic rings. The van der Waals surface area contributed by atoms with Crippen molar-refractivity contribution < 1.29 is 24.5 Å². The van der Waals surface area contributed by atoms with Crippen LogP contribution >= 0.6 is 0 Å². The van der Waals surface area contributed by atoms with Gasteiger partial charge in [-0.2, -0.15) is 0 Å². The third kappa shape index (κ3) is 7.58. The number of nitro groups is 3. The van der Waals surface area contributed by atoms with E-state index in [0.29, 0.717) is 18.2 Å². The highest BCUT2D eigenvalue weighted by molar-refractivity contribution is 5.64. The van der Waals surface area contributed by atoms with E-state index in [9.17, 15) is 35.6 Å². The van der Waals surface area contributed by atoms with Gasteiger partial charge in [-0.1, -0.05) is 25.7 Å². The first-order valence-corrected chi connectivity index (χ1v) is 9.30. The standard InChI is InChI=1S/C11H23NO.C6H3N3O7/c1-12(2,13)11-9-7-5-3-4-6-8-10-11;10-6-4(8(13)14)1-3(7(11)12)2-5(6)9(15)16/h11H,3-10H2,1-2H3;1-2,10H. The van der Waals surface area contributed by atoms with Crippen molar-refractivity contribution in [2.45, 2.75) is 57.4 Å². The highest BCUT2D eigenvalue weighted by Gasteiger charge is 2.30. The third-order valence-corrected chi connectivity index (χ3v) is 4.86. The zero-order valence-electron chi connectivity index (χ0n) is 16.5. The minimum absolute atomic E-state index is 0.0833. The van der Waals surface area contributed by atoms with Crippen LogP contribution in [0.25, 0.3) is 0 Å². The maximum absolute atomic E-state index is 11.8. The summed E-state index contributed by atoms with van der Waals surface area (Å²) in [5, 5.41) is 52.0. The number of aromatic hydroxyl groups is 1. The summed E-state index contributed by atoms with van der Waals surface area (Å²) < 4.78 is -0.0833. The smallest absolute Gasteiger partial charge is 0.324 e. The largest absolute Gasteiger partial charge is 0.633 e. The second kappa shape index (κ2) is 10.6. The first-order chi connectivity index (χ1) is 13.4. The lowest BCUT2D eigenvalue weighted by Gasteiger charge is -2.42. The van der Waals surface area contributed by atoms with Gasteiger partial charge in [-0.25, -0.2) is 0 Å². The van der Waals surface area contributed by atoms with E-state index in [2.05, 4.69) is 0 Å². The van der Waals surface area contributed by atoms with Crippen LogP contribution in [0.4, 0.5) is 17.1 Å². The molecule has 1 saturated carbocycles. The van der Waals surface area contributed by atoms with E-state index >= 15 is 0 Å². The van der Waals surface area contributed by atoms with Crippen molar-refractivity contribution in [3.8, 4) is 5.75 Å². The van der Waals surface area contributed by atoms with Crippen LogP contribution in [0.15, 0.2) is 12.1 Å². The van der Waals surface area contributed by atoms with Crippen molar-refractivity contribution in [3.05, 3.63) is 47.7 Å². The zero-order chi connectivity index (χ0) is 22.2. The molecule has 0 amide bonds. The van der Waals surface area contributed by atoms with Crippen molar-refractivity contribution >= 4 is 17.1 Å². The summed E-state index contributed by atoms with van der Waals surface area (Å²) in [4.78, 5) is 27.8. The first kappa shape index (κ1) is 24.2. The van der Waals surface area contributed by atoms with Crippen LogP contribution in [0.3, 0.4) is 0 Å². The molecular weight excluding hydrogens is 388 g/mol. The topological polar surface area (TPSA) is 173 Å². The molecule has 0 heterocycles. The number of nitrogens with zero attached hydrogens (tertiary/aromatic N) is 4. The molecule has 0 radical (unpaired) electrons. The summed E-state index contributed by atoms with van der Waals surface area (Å²) in [5.74, 6) is -1.21. The Balaban J connectivity index is 0.000000296. The van der Waals surface area contributed by atoms with Crippen molar-refractivity contribution in [1.82, 2.24) is 0 Å². The van der Waals surface area contributed by atoms with Gasteiger partial charge >= 0.3 is 11.4 Å². The predicted molar refractivity (Wildman–Crippen MR) is 104 cm³/mol. The first-order valence-electron chi connectivity index (χ1n) is 9.30. The van der Waals surface area contributed by atoms with Crippen LogP contribution in [0.2, 0.25) is 0 Å². The Kier molecular flexibility index (Phi) is 8.85. The van der Waals surface area contributed by atoms with E-state index in [-0.39, 0.29) is 4.65 Å².